The Balaban J connectivity index is 1.81. The molecule has 0 spiro atoms. The number of piperidine rings is 1. The van der Waals surface area contributed by atoms with Crippen molar-refractivity contribution in [1.82, 2.24) is 4.90 Å². The second kappa shape index (κ2) is 8.69. The lowest BCUT2D eigenvalue weighted by Crippen LogP contribution is -2.42. The number of rotatable bonds is 5. The summed E-state index contributed by atoms with van der Waals surface area (Å²) in [5.41, 5.74) is 1.05. The third-order valence-corrected chi connectivity index (χ3v) is 5.01. The van der Waals surface area contributed by atoms with Gasteiger partial charge in [-0.2, -0.15) is 0 Å². The molecule has 1 aliphatic heterocycles. The standard InChI is InChI=1S/C22H23NO5/c1-27-19-12-6-5-11-18(19)20(24)15-8-7-13-23(14-15)21(25)16-9-3-4-10-17(16)22(26)28-2/h3-6,9-12,15H,7-8,13-14H2,1-2H3/t15-/m0/s1. The lowest BCUT2D eigenvalue weighted by atomic mass is 9.89. The molecule has 0 saturated carbocycles. The number of carbonyl (C=O) groups is 3. The number of esters is 1. The summed E-state index contributed by atoms with van der Waals surface area (Å²) >= 11 is 0. The van der Waals surface area contributed by atoms with Crippen LogP contribution >= 0.6 is 0 Å². The molecule has 6 heteroatoms. The third-order valence-electron chi connectivity index (χ3n) is 5.01. The fourth-order valence-electron chi connectivity index (χ4n) is 3.57. The molecule has 1 saturated heterocycles. The van der Waals surface area contributed by atoms with Crippen molar-refractivity contribution in [2.45, 2.75) is 12.8 Å². The predicted molar refractivity (Wildman–Crippen MR) is 104 cm³/mol. The summed E-state index contributed by atoms with van der Waals surface area (Å²) < 4.78 is 10.1. The van der Waals surface area contributed by atoms with Gasteiger partial charge >= 0.3 is 5.97 Å². The van der Waals surface area contributed by atoms with Crippen LogP contribution in [0.2, 0.25) is 0 Å². The first-order valence-corrected chi connectivity index (χ1v) is 9.20. The molecule has 3 rings (SSSR count). The van der Waals surface area contributed by atoms with Crippen molar-refractivity contribution in [2.24, 2.45) is 5.92 Å². The average molecular weight is 381 g/mol. The lowest BCUT2D eigenvalue weighted by Gasteiger charge is -2.32. The smallest absolute Gasteiger partial charge is 0.338 e. The molecule has 0 bridgehead atoms. The molecular formula is C22H23NO5. The Morgan fingerprint density at radius 3 is 2.25 bits per heavy atom. The van der Waals surface area contributed by atoms with E-state index in [1.54, 1.807) is 47.4 Å². The summed E-state index contributed by atoms with van der Waals surface area (Å²) in [6.07, 6.45) is 1.43. The average Bonchev–Trinajstić information content (AvgIpc) is 2.77. The van der Waals surface area contributed by atoms with Gasteiger partial charge in [-0.1, -0.05) is 24.3 Å². The molecule has 2 aromatic rings. The molecule has 1 atom stereocenters. The van der Waals surface area contributed by atoms with Crippen molar-refractivity contribution in [3.05, 3.63) is 65.2 Å². The van der Waals surface area contributed by atoms with Crippen LogP contribution in [0.5, 0.6) is 5.75 Å². The topological polar surface area (TPSA) is 72.9 Å². The maximum atomic E-state index is 13.1. The Kier molecular flexibility index (Phi) is 6.09. The molecule has 6 nitrogen and oxygen atoms in total. The van der Waals surface area contributed by atoms with Crippen molar-refractivity contribution < 1.29 is 23.9 Å². The van der Waals surface area contributed by atoms with Crippen LogP contribution in [0.25, 0.3) is 0 Å². The zero-order valence-electron chi connectivity index (χ0n) is 16.0. The number of benzene rings is 2. The lowest BCUT2D eigenvalue weighted by molar-refractivity contribution is 0.0573. The van der Waals surface area contributed by atoms with Gasteiger partial charge in [-0.05, 0) is 37.1 Å². The number of likely N-dealkylation sites (tertiary alicyclic amines) is 1. The van der Waals surface area contributed by atoms with Gasteiger partial charge in [0.15, 0.2) is 5.78 Å². The molecule has 1 aliphatic rings. The highest BCUT2D eigenvalue weighted by Crippen LogP contribution is 2.27. The van der Waals surface area contributed by atoms with E-state index in [1.807, 2.05) is 6.07 Å². The molecule has 2 aromatic carbocycles. The maximum Gasteiger partial charge on any atom is 0.338 e. The minimum absolute atomic E-state index is 0.0313. The van der Waals surface area contributed by atoms with Crippen LogP contribution in [-0.2, 0) is 4.74 Å². The quantitative estimate of drug-likeness (QED) is 0.587. The van der Waals surface area contributed by atoms with Crippen LogP contribution in [0.3, 0.4) is 0 Å². The van der Waals surface area contributed by atoms with E-state index in [-0.39, 0.29) is 23.2 Å². The number of ketones is 1. The Morgan fingerprint density at radius 2 is 1.57 bits per heavy atom. The number of methoxy groups -OCH3 is 2. The van der Waals surface area contributed by atoms with Crippen molar-refractivity contribution in [2.75, 3.05) is 27.3 Å². The molecule has 28 heavy (non-hydrogen) atoms. The van der Waals surface area contributed by atoms with Crippen LogP contribution in [0.15, 0.2) is 48.5 Å². The summed E-state index contributed by atoms with van der Waals surface area (Å²) in [7, 11) is 2.82. The van der Waals surface area contributed by atoms with Crippen LogP contribution < -0.4 is 4.74 Å². The molecule has 1 heterocycles. The minimum atomic E-state index is -0.553. The van der Waals surface area contributed by atoms with Crippen molar-refractivity contribution in [1.29, 1.82) is 0 Å². The van der Waals surface area contributed by atoms with Crippen LogP contribution in [0.1, 0.15) is 43.9 Å². The van der Waals surface area contributed by atoms with Gasteiger partial charge in [0, 0.05) is 19.0 Å². The highest BCUT2D eigenvalue weighted by molar-refractivity contribution is 6.06. The fourth-order valence-corrected chi connectivity index (χ4v) is 3.57. The van der Waals surface area contributed by atoms with Gasteiger partial charge in [0.2, 0.25) is 0 Å². The summed E-state index contributed by atoms with van der Waals surface area (Å²) in [4.78, 5) is 39.7. The second-order valence-corrected chi connectivity index (χ2v) is 6.69. The van der Waals surface area contributed by atoms with Gasteiger partial charge < -0.3 is 14.4 Å². The van der Waals surface area contributed by atoms with Gasteiger partial charge in [-0.25, -0.2) is 4.79 Å². The number of hydrogen-bond acceptors (Lipinski definition) is 5. The van der Waals surface area contributed by atoms with Crippen LogP contribution in [-0.4, -0.2) is 49.9 Å². The number of nitrogens with zero attached hydrogens (tertiary/aromatic N) is 1. The number of amides is 1. The van der Waals surface area contributed by atoms with Gasteiger partial charge in [0.05, 0.1) is 30.9 Å². The van der Waals surface area contributed by atoms with E-state index in [0.717, 1.165) is 6.42 Å². The first-order valence-electron chi connectivity index (χ1n) is 9.20. The molecule has 1 fully saturated rings. The molecular weight excluding hydrogens is 358 g/mol. The van der Waals surface area contributed by atoms with E-state index in [0.29, 0.717) is 36.4 Å². The van der Waals surface area contributed by atoms with E-state index >= 15 is 0 Å². The Bertz CT molecular complexity index is 892. The first kappa shape index (κ1) is 19.6. The van der Waals surface area contributed by atoms with Gasteiger partial charge in [0.25, 0.3) is 5.91 Å². The predicted octanol–water partition coefficient (Wildman–Crippen LogP) is 3.22. The zero-order valence-corrected chi connectivity index (χ0v) is 16.0. The summed E-state index contributed by atoms with van der Waals surface area (Å²) in [6.45, 7) is 0.856. The molecule has 146 valence electrons. The SMILES string of the molecule is COC(=O)c1ccccc1C(=O)N1CCC[C@H](C(=O)c2ccccc2OC)C1. The monoisotopic (exact) mass is 381 g/mol. The largest absolute Gasteiger partial charge is 0.496 e. The number of hydrogen-bond donors (Lipinski definition) is 0. The summed E-state index contributed by atoms with van der Waals surface area (Å²) in [5, 5.41) is 0. The maximum absolute atomic E-state index is 13.1. The van der Waals surface area contributed by atoms with E-state index in [1.165, 1.54) is 14.2 Å². The highest BCUT2D eigenvalue weighted by atomic mass is 16.5. The highest BCUT2D eigenvalue weighted by Gasteiger charge is 2.32. The van der Waals surface area contributed by atoms with Gasteiger partial charge in [0.1, 0.15) is 5.75 Å². The normalized spacial score (nSPS) is 16.4. The van der Waals surface area contributed by atoms with Crippen molar-refractivity contribution in [3.63, 3.8) is 0 Å². The number of Topliss-reactive ketones (excluding diaryl/α,β-unsaturated/α-hetero) is 1. The second-order valence-electron chi connectivity index (χ2n) is 6.69. The van der Waals surface area contributed by atoms with E-state index < -0.39 is 5.97 Å². The van der Waals surface area contributed by atoms with Crippen molar-refractivity contribution in [3.8, 4) is 5.75 Å². The van der Waals surface area contributed by atoms with E-state index in [2.05, 4.69) is 0 Å². The zero-order chi connectivity index (χ0) is 20.1. The Morgan fingerprint density at radius 1 is 0.929 bits per heavy atom. The molecule has 0 aliphatic carbocycles. The molecule has 1 amide bonds. The number of ether oxygens (including phenoxy) is 2. The van der Waals surface area contributed by atoms with Crippen LogP contribution in [0.4, 0.5) is 0 Å². The minimum Gasteiger partial charge on any atom is -0.496 e. The molecule has 0 aromatic heterocycles. The van der Waals surface area contributed by atoms with Crippen molar-refractivity contribution >= 4 is 17.7 Å². The van der Waals surface area contributed by atoms with E-state index in [9.17, 15) is 14.4 Å². The summed E-state index contributed by atoms with van der Waals surface area (Å²) in [6, 6.07) is 13.7. The first-order chi connectivity index (χ1) is 13.6. The molecule has 0 radical (unpaired) electrons. The Hall–Kier alpha value is -3.15. The van der Waals surface area contributed by atoms with Gasteiger partial charge in [-0.3, -0.25) is 9.59 Å². The fraction of sp³-hybridized carbons (Fsp3) is 0.318. The van der Waals surface area contributed by atoms with Gasteiger partial charge in [-0.15, -0.1) is 0 Å². The van der Waals surface area contributed by atoms with E-state index in [4.69, 9.17) is 9.47 Å². The summed E-state index contributed by atoms with van der Waals surface area (Å²) in [5.74, 6) is -0.622. The van der Waals surface area contributed by atoms with Crippen LogP contribution in [0, 0.1) is 5.92 Å². The molecule has 0 N–H and O–H groups in total. The molecule has 0 unspecified atom stereocenters. The number of para-hydroxylation sites is 1. The third kappa shape index (κ3) is 3.91. The number of carbonyl (C=O) groups excluding carboxylic acids is 3. The Labute approximate surface area is 164 Å².